The lowest BCUT2D eigenvalue weighted by atomic mass is 9.94. The summed E-state index contributed by atoms with van der Waals surface area (Å²) in [5.74, 6) is -1.30. The van der Waals surface area contributed by atoms with Gasteiger partial charge in [-0.2, -0.15) is 4.98 Å². The molecule has 0 unspecified atom stereocenters. The third-order valence-corrected chi connectivity index (χ3v) is 9.65. The van der Waals surface area contributed by atoms with Crippen molar-refractivity contribution < 1.29 is 13.6 Å². The number of fused-ring (bicyclic) bond motifs is 7. The molecule has 0 aliphatic carbocycles. The monoisotopic (exact) mass is 664 g/mol. The number of nitrogens with zero attached hydrogens (tertiary/aromatic N) is 8. The van der Waals surface area contributed by atoms with E-state index in [1.54, 1.807) is 21.7 Å². The molecule has 2 atom stereocenters. The first kappa shape index (κ1) is 32.3. The Kier molecular flexibility index (Phi) is 8.33. The van der Waals surface area contributed by atoms with Gasteiger partial charge in [-0.05, 0) is 73.9 Å². The number of anilines is 1. The highest BCUT2D eigenvalue weighted by molar-refractivity contribution is 5.91. The van der Waals surface area contributed by atoms with Crippen molar-refractivity contribution in [2.45, 2.75) is 71.5 Å². The second-order valence-corrected chi connectivity index (χ2v) is 13.3. The van der Waals surface area contributed by atoms with E-state index in [0.717, 1.165) is 23.2 Å². The molecular formula is C37H38F2N8O2. The SMILES string of the molecule is C=CC(=O)N1C[C@H](C)N(c2nc(=O)n3c4nc(c(F)cc24)-c2c(F)cccc2Cn2cc(nn2)CCCc2cccc(C(C)C)c2-3)C[C@H]1C. The highest BCUT2D eigenvalue weighted by Crippen LogP contribution is 2.36. The molecule has 1 saturated heterocycles. The Morgan fingerprint density at radius 2 is 1.78 bits per heavy atom. The Labute approximate surface area is 282 Å². The summed E-state index contributed by atoms with van der Waals surface area (Å²) in [4.78, 5) is 40.3. The van der Waals surface area contributed by atoms with Gasteiger partial charge in [0, 0.05) is 36.9 Å². The zero-order chi connectivity index (χ0) is 34.6. The van der Waals surface area contributed by atoms with E-state index in [2.05, 4.69) is 35.7 Å². The Hall–Kier alpha value is -5.26. The van der Waals surface area contributed by atoms with Crippen LogP contribution in [0.4, 0.5) is 14.6 Å². The van der Waals surface area contributed by atoms with Crippen LogP contribution >= 0.6 is 0 Å². The number of aryl methyl sites for hydroxylation is 2. The second kappa shape index (κ2) is 12.6. The molecule has 0 spiro atoms. The number of pyridine rings is 1. The van der Waals surface area contributed by atoms with Crippen LogP contribution in [0.2, 0.25) is 0 Å². The van der Waals surface area contributed by atoms with Crippen LogP contribution in [0, 0.1) is 11.6 Å². The maximum atomic E-state index is 16.6. The van der Waals surface area contributed by atoms with Crippen molar-refractivity contribution in [1.82, 2.24) is 34.4 Å². The fraction of sp³-hybridized carbons (Fsp3) is 0.351. The summed E-state index contributed by atoms with van der Waals surface area (Å²) in [6.07, 6.45) is 5.10. The Balaban J connectivity index is 1.55. The minimum atomic E-state index is -0.755. The fourth-order valence-electron chi connectivity index (χ4n) is 7.23. The van der Waals surface area contributed by atoms with E-state index in [0.29, 0.717) is 42.6 Å². The summed E-state index contributed by atoms with van der Waals surface area (Å²) >= 11 is 0. The van der Waals surface area contributed by atoms with Crippen LogP contribution in [0.5, 0.6) is 0 Å². The molecule has 3 aromatic heterocycles. The number of piperazine rings is 1. The maximum Gasteiger partial charge on any atom is 0.355 e. The number of benzene rings is 2. The molecule has 10 nitrogen and oxygen atoms in total. The van der Waals surface area contributed by atoms with Gasteiger partial charge in [-0.1, -0.05) is 56.0 Å². The molecule has 252 valence electrons. The van der Waals surface area contributed by atoms with Gasteiger partial charge in [0.05, 0.1) is 23.3 Å². The van der Waals surface area contributed by atoms with Crippen molar-refractivity contribution in [2.24, 2.45) is 0 Å². The van der Waals surface area contributed by atoms with Crippen molar-refractivity contribution in [3.63, 3.8) is 0 Å². The molecule has 12 heteroatoms. The van der Waals surface area contributed by atoms with E-state index in [9.17, 15) is 9.59 Å². The molecule has 0 saturated carbocycles. The average Bonchev–Trinajstić information content (AvgIpc) is 3.51. The third-order valence-electron chi connectivity index (χ3n) is 9.65. The van der Waals surface area contributed by atoms with E-state index in [1.807, 2.05) is 43.1 Å². The summed E-state index contributed by atoms with van der Waals surface area (Å²) < 4.78 is 35.5. The van der Waals surface area contributed by atoms with Crippen LogP contribution in [0.15, 0.2) is 66.1 Å². The van der Waals surface area contributed by atoms with E-state index in [1.165, 1.54) is 22.8 Å². The summed E-state index contributed by atoms with van der Waals surface area (Å²) in [6, 6.07) is 11.3. The van der Waals surface area contributed by atoms with Crippen molar-refractivity contribution in [3.05, 3.63) is 106 Å². The predicted octanol–water partition coefficient (Wildman–Crippen LogP) is 5.59. The maximum absolute atomic E-state index is 16.6. The van der Waals surface area contributed by atoms with Crippen LogP contribution in [-0.4, -0.2) is 65.5 Å². The van der Waals surface area contributed by atoms with Gasteiger partial charge in [0.15, 0.2) is 5.65 Å². The predicted molar refractivity (Wildman–Crippen MR) is 184 cm³/mol. The molecule has 7 rings (SSSR count). The number of carbonyl (C=O) groups excluding carboxylic acids is 1. The summed E-state index contributed by atoms with van der Waals surface area (Å²) in [7, 11) is 0. The molecule has 4 bridgehead atoms. The van der Waals surface area contributed by atoms with Gasteiger partial charge >= 0.3 is 5.69 Å². The number of rotatable bonds is 3. The first-order valence-electron chi connectivity index (χ1n) is 16.7. The van der Waals surface area contributed by atoms with Crippen molar-refractivity contribution in [3.8, 4) is 16.9 Å². The van der Waals surface area contributed by atoms with E-state index in [-0.39, 0.29) is 53.2 Å². The summed E-state index contributed by atoms with van der Waals surface area (Å²) in [6.45, 7) is 12.4. The zero-order valence-electron chi connectivity index (χ0n) is 28.0. The van der Waals surface area contributed by atoms with Gasteiger partial charge in [-0.15, -0.1) is 5.10 Å². The van der Waals surface area contributed by atoms with Crippen molar-refractivity contribution >= 4 is 22.8 Å². The van der Waals surface area contributed by atoms with Crippen molar-refractivity contribution in [1.29, 1.82) is 0 Å². The van der Waals surface area contributed by atoms with Gasteiger partial charge in [0.2, 0.25) is 5.91 Å². The summed E-state index contributed by atoms with van der Waals surface area (Å²) in [5, 5.41) is 8.92. The molecule has 5 aromatic rings. The zero-order valence-corrected chi connectivity index (χ0v) is 28.0. The van der Waals surface area contributed by atoms with Gasteiger partial charge in [0.25, 0.3) is 0 Å². The molecule has 0 radical (unpaired) electrons. The Morgan fingerprint density at radius 1 is 1.00 bits per heavy atom. The fourth-order valence-corrected chi connectivity index (χ4v) is 7.23. The molecule has 1 amide bonds. The largest absolute Gasteiger partial charge is 0.355 e. The number of hydrogen-bond acceptors (Lipinski definition) is 7. The number of carbonyl (C=O) groups is 1. The molecule has 2 aromatic carbocycles. The minimum Gasteiger partial charge on any atom is -0.349 e. The standard InChI is InChI=1S/C37H38F2N8O2/c1-6-31(48)45-17-23(5)46(18-22(45)4)35-28-16-30(39)33-32-25(12-9-15-29(32)38)19-44-20-26(42-43-44)13-7-10-24-11-8-14-27(21(2)3)34(24)47(36(28)40-33)37(49)41-35/h6,8-9,11-12,14-16,20-23H,1,7,10,13,17-19H2,2-5H3/t22-,23+/m1/s1. The van der Waals surface area contributed by atoms with Gasteiger partial charge in [-0.25, -0.2) is 27.8 Å². The quantitative estimate of drug-likeness (QED) is 0.232. The van der Waals surface area contributed by atoms with Crippen LogP contribution < -0.4 is 10.6 Å². The molecule has 2 aliphatic rings. The molecule has 2 aliphatic heterocycles. The lowest BCUT2D eigenvalue weighted by Crippen LogP contribution is -2.58. The lowest BCUT2D eigenvalue weighted by Gasteiger charge is -2.44. The number of hydrogen-bond donors (Lipinski definition) is 0. The topological polar surface area (TPSA) is 102 Å². The molecular weight excluding hydrogens is 626 g/mol. The first-order chi connectivity index (χ1) is 23.5. The van der Waals surface area contributed by atoms with Crippen molar-refractivity contribution in [2.75, 3.05) is 18.0 Å². The number of halogens is 2. The molecule has 1 fully saturated rings. The number of amides is 1. The highest BCUT2D eigenvalue weighted by atomic mass is 19.1. The first-order valence-corrected chi connectivity index (χ1v) is 16.7. The third kappa shape index (κ3) is 5.68. The highest BCUT2D eigenvalue weighted by Gasteiger charge is 2.34. The van der Waals surface area contributed by atoms with Gasteiger partial charge < -0.3 is 9.80 Å². The Bertz CT molecular complexity index is 2170. The smallest absolute Gasteiger partial charge is 0.349 e. The van der Waals surface area contributed by atoms with E-state index in [4.69, 9.17) is 4.98 Å². The average molecular weight is 665 g/mol. The van der Waals surface area contributed by atoms with Crippen LogP contribution in [-0.2, 0) is 24.2 Å². The van der Waals surface area contributed by atoms with Gasteiger partial charge in [-0.3, -0.25) is 4.79 Å². The molecule has 49 heavy (non-hydrogen) atoms. The minimum absolute atomic E-state index is 0.0120. The number of para-hydroxylation sites is 1. The number of aromatic nitrogens is 6. The van der Waals surface area contributed by atoms with Crippen LogP contribution in [0.1, 0.15) is 62.4 Å². The van der Waals surface area contributed by atoms with Crippen LogP contribution in [0.3, 0.4) is 0 Å². The lowest BCUT2D eigenvalue weighted by molar-refractivity contribution is -0.128. The Morgan fingerprint density at radius 3 is 2.55 bits per heavy atom. The van der Waals surface area contributed by atoms with E-state index >= 15 is 8.78 Å². The van der Waals surface area contributed by atoms with Gasteiger partial charge in [0.1, 0.15) is 23.1 Å². The molecule has 0 N–H and O–H groups in total. The summed E-state index contributed by atoms with van der Waals surface area (Å²) in [5.41, 5.74) is 3.08. The molecule has 5 heterocycles. The second-order valence-electron chi connectivity index (χ2n) is 13.3. The normalized spacial score (nSPS) is 17.9. The van der Waals surface area contributed by atoms with E-state index < -0.39 is 17.3 Å². The van der Waals surface area contributed by atoms with Crippen LogP contribution in [0.25, 0.3) is 28.0 Å².